The number of ether oxygens (including phenoxy) is 1. The van der Waals surface area contributed by atoms with Gasteiger partial charge in [-0.25, -0.2) is 4.98 Å². The Morgan fingerprint density at radius 1 is 1.29 bits per heavy atom. The minimum Gasteiger partial charge on any atom is -0.385 e. The first-order valence-corrected chi connectivity index (χ1v) is 7.30. The number of hydrogen-bond acceptors (Lipinski definition) is 5. The van der Waals surface area contributed by atoms with Crippen LogP contribution in [0.1, 0.15) is 12.0 Å². The number of benzene rings is 1. The van der Waals surface area contributed by atoms with Gasteiger partial charge in [-0.1, -0.05) is 18.2 Å². The van der Waals surface area contributed by atoms with Gasteiger partial charge in [0.25, 0.3) is 0 Å². The third-order valence-electron chi connectivity index (χ3n) is 3.61. The zero-order chi connectivity index (χ0) is 14.5. The Bertz CT molecular complexity index is 602. The molecule has 0 unspecified atom stereocenters. The van der Waals surface area contributed by atoms with E-state index in [1.807, 2.05) is 12.3 Å². The van der Waals surface area contributed by atoms with E-state index in [1.54, 1.807) is 7.11 Å². The Morgan fingerprint density at radius 3 is 3.10 bits per heavy atom. The van der Waals surface area contributed by atoms with Gasteiger partial charge in [0, 0.05) is 38.7 Å². The molecular formula is C16H20N4O. The minimum atomic E-state index is 0.674. The molecule has 0 saturated heterocycles. The van der Waals surface area contributed by atoms with Gasteiger partial charge in [-0.15, -0.1) is 0 Å². The van der Waals surface area contributed by atoms with Crippen molar-refractivity contribution < 1.29 is 4.74 Å². The van der Waals surface area contributed by atoms with Crippen LogP contribution in [0.15, 0.2) is 36.5 Å². The molecule has 1 aromatic heterocycles. The molecule has 0 atom stereocenters. The number of anilines is 3. The van der Waals surface area contributed by atoms with Crippen LogP contribution in [-0.2, 0) is 11.2 Å². The maximum absolute atomic E-state index is 5.03. The normalized spacial score (nSPS) is 13.3. The molecule has 21 heavy (non-hydrogen) atoms. The molecule has 110 valence electrons. The first-order chi connectivity index (χ1) is 10.4. The monoisotopic (exact) mass is 284 g/mol. The number of fused-ring (bicyclic) bond motifs is 1. The molecule has 1 aliphatic rings. The van der Waals surface area contributed by atoms with Gasteiger partial charge in [-0.3, -0.25) is 0 Å². The molecule has 0 radical (unpaired) electrons. The van der Waals surface area contributed by atoms with E-state index in [2.05, 4.69) is 44.5 Å². The van der Waals surface area contributed by atoms with Crippen molar-refractivity contribution in [3.05, 3.63) is 42.1 Å². The topological polar surface area (TPSA) is 50.3 Å². The molecule has 2 aromatic rings. The van der Waals surface area contributed by atoms with Crippen LogP contribution in [0, 0.1) is 0 Å². The SMILES string of the molecule is COCCCNc1nccc(N2CCc3ccccc32)n1. The van der Waals surface area contributed by atoms with Gasteiger partial charge < -0.3 is 15.0 Å². The van der Waals surface area contributed by atoms with Gasteiger partial charge in [-0.05, 0) is 30.5 Å². The minimum absolute atomic E-state index is 0.674. The lowest BCUT2D eigenvalue weighted by Gasteiger charge is -2.18. The van der Waals surface area contributed by atoms with Crippen molar-refractivity contribution in [1.82, 2.24) is 9.97 Å². The molecule has 0 amide bonds. The molecule has 5 nitrogen and oxygen atoms in total. The first-order valence-electron chi connectivity index (χ1n) is 7.30. The third-order valence-corrected chi connectivity index (χ3v) is 3.61. The van der Waals surface area contributed by atoms with E-state index >= 15 is 0 Å². The van der Waals surface area contributed by atoms with Gasteiger partial charge in [0.1, 0.15) is 5.82 Å². The van der Waals surface area contributed by atoms with Crippen LogP contribution < -0.4 is 10.2 Å². The smallest absolute Gasteiger partial charge is 0.224 e. The zero-order valence-corrected chi connectivity index (χ0v) is 12.2. The molecule has 0 bridgehead atoms. The second-order valence-electron chi connectivity index (χ2n) is 5.04. The predicted octanol–water partition coefficient (Wildman–Crippen LogP) is 2.62. The standard InChI is InChI=1S/C16H20N4O/c1-21-12-4-9-17-16-18-10-7-15(19-16)20-11-8-13-5-2-3-6-14(13)20/h2-3,5-7,10H,4,8-9,11-12H2,1H3,(H,17,18,19). The number of aromatic nitrogens is 2. The highest BCUT2D eigenvalue weighted by Crippen LogP contribution is 2.33. The van der Waals surface area contributed by atoms with E-state index in [1.165, 1.54) is 11.3 Å². The van der Waals surface area contributed by atoms with E-state index in [9.17, 15) is 0 Å². The van der Waals surface area contributed by atoms with Gasteiger partial charge in [0.2, 0.25) is 5.95 Å². The fourth-order valence-corrected chi connectivity index (χ4v) is 2.58. The molecule has 0 aliphatic carbocycles. The maximum atomic E-state index is 5.03. The van der Waals surface area contributed by atoms with Crippen molar-refractivity contribution in [2.24, 2.45) is 0 Å². The van der Waals surface area contributed by atoms with Gasteiger partial charge >= 0.3 is 0 Å². The summed E-state index contributed by atoms with van der Waals surface area (Å²) in [6, 6.07) is 10.5. The van der Waals surface area contributed by atoms with Crippen molar-refractivity contribution in [2.45, 2.75) is 12.8 Å². The van der Waals surface area contributed by atoms with Crippen molar-refractivity contribution in [3.63, 3.8) is 0 Å². The predicted molar refractivity (Wildman–Crippen MR) is 84.2 cm³/mol. The van der Waals surface area contributed by atoms with Crippen LogP contribution in [0.25, 0.3) is 0 Å². The van der Waals surface area contributed by atoms with E-state index in [0.717, 1.165) is 38.4 Å². The quantitative estimate of drug-likeness (QED) is 0.826. The Kier molecular flexibility index (Phi) is 4.31. The summed E-state index contributed by atoms with van der Waals surface area (Å²) >= 11 is 0. The molecule has 1 aliphatic heterocycles. The van der Waals surface area contributed by atoms with Crippen molar-refractivity contribution in [3.8, 4) is 0 Å². The van der Waals surface area contributed by atoms with Crippen molar-refractivity contribution in [2.75, 3.05) is 37.0 Å². The van der Waals surface area contributed by atoms with Crippen LogP contribution in [0.2, 0.25) is 0 Å². The van der Waals surface area contributed by atoms with Crippen molar-refractivity contribution >= 4 is 17.5 Å². The third kappa shape index (κ3) is 3.13. The van der Waals surface area contributed by atoms with Gasteiger partial charge in [-0.2, -0.15) is 4.98 Å². The zero-order valence-electron chi connectivity index (χ0n) is 12.2. The Balaban J connectivity index is 1.72. The van der Waals surface area contributed by atoms with Crippen LogP contribution in [0.5, 0.6) is 0 Å². The second kappa shape index (κ2) is 6.54. The van der Waals surface area contributed by atoms with Crippen LogP contribution in [0.4, 0.5) is 17.5 Å². The lowest BCUT2D eigenvalue weighted by Crippen LogP contribution is -2.16. The average Bonchev–Trinajstić information content (AvgIpc) is 2.96. The Labute approximate surface area is 125 Å². The summed E-state index contributed by atoms with van der Waals surface area (Å²) in [5.41, 5.74) is 2.63. The molecule has 3 rings (SSSR count). The van der Waals surface area contributed by atoms with E-state index < -0.39 is 0 Å². The lowest BCUT2D eigenvalue weighted by atomic mass is 10.2. The van der Waals surface area contributed by atoms with Crippen molar-refractivity contribution in [1.29, 1.82) is 0 Å². The van der Waals surface area contributed by atoms with Gasteiger partial charge in [0.05, 0.1) is 0 Å². The molecule has 2 heterocycles. The highest BCUT2D eigenvalue weighted by atomic mass is 16.5. The summed E-state index contributed by atoms with van der Waals surface area (Å²) in [5.74, 6) is 1.62. The highest BCUT2D eigenvalue weighted by molar-refractivity contribution is 5.67. The summed E-state index contributed by atoms with van der Waals surface area (Å²) < 4.78 is 5.03. The number of rotatable bonds is 6. The Hall–Kier alpha value is -2.14. The number of nitrogens with one attached hydrogen (secondary N) is 1. The maximum Gasteiger partial charge on any atom is 0.224 e. The van der Waals surface area contributed by atoms with E-state index in [4.69, 9.17) is 4.74 Å². The fourth-order valence-electron chi connectivity index (χ4n) is 2.58. The van der Waals surface area contributed by atoms with Gasteiger partial charge in [0.15, 0.2) is 0 Å². The summed E-state index contributed by atoms with van der Waals surface area (Å²) in [6.07, 6.45) is 3.81. The number of para-hydroxylation sites is 1. The molecular weight excluding hydrogens is 264 g/mol. The summed E-state index contributed by atoms with van der Waals surface area (Å²) in [6.45, 7) is 2.53. The molecule has 0 saturated carbocycles. The number of nitrogens with zero attached hydrogens (tertiary/aromatic N) is 3. The lowest BCUT2D eigenvalue weighted by molar-refractivity contribution is 0.197. The van der Waals surface area contributed by atoms with Crippen LogP contribution in [0.3, 0.4) is 0 Å². The fraction of sp³-hybridized carbons (Fsp3) is 0.375. The first kappa shape index (κ1) is 13.8. The molecule has 0 spiro atoms. The largest absolute Gasteiger partial charge is 0.385 e. The molecule has 1 aromatic carbocycles. The van der Waals surface area contributed by atoms with Crippen LogP contribution in [-0.4, -0.2) is 36.8 Å². The summed E-state index contributed by atoms with van der Waals surface area (Å²) in [5, 5.41) is 3.24. The molecule has 0 fully saturated rings. The van der Waals surface area contributed by atoms with Crippen LogP contribution >= 0.6 is 0 Å². The van der Waals surface area contributed by atoms with E-state index in [-0.39, 0.29) is 0 Å². The second-order valence-corrected chi connectivity index (χ2v) is 5.04. The average molecular weight is 284 g/mol. The van der Waals surface area contributed by atoms with E-state index in [0.29, 0.717) is 5.95 Å². The molecule has 1 N–H and O–H groups in total. The molecule has 5 heteroatoms. The number of methoxy groups -OCH3 is 1. The summed E-state index contributed by atoms with van der Waals surface area (Å²) in [7, 11) is 1.71. The number of hydrogen-bond donors (Lipinski definition) is 1. The Morgan fingerprint density at radius 2 is 2.19 bits per heavy atom. The highest BCUT2D eigenvalue weighted by Gasteiger charge is 2.20. The summed E-state index contributed by atoms with van der Waals surface area (Å²) in [4.78, 5) is 11.1.